The lowest BCUT2D eigenvalue weighted by Gasteiger charge is -2.11. The maximum Gasteiger partial charge on any atom is 0.172 e. The molecule has 116 valence electrons. The van der Waals surface area contributed by atoms with Gasteiger partial charge in [0.2, 0.25) is 0 Å². The Morgan fingerprint density at radius 2 is 1.74 bits per heavy atom. The summed E-state index contributed by atoms with van der Waals surface area (Å²) in [7, 11) is 3.14. The molecule has 6 heteroatoms. The van der Waals surface area contributed by atoms with Gasteiger partial charge in [-0.25, -0.2) is 4.68 Å². The highest BCUT2D eigenvalue weighted by atomic mass is 16.5. The van der Waals surface area contributed by atoms with Crippen molar-refractivity contribution in [3.8, 4) is 28.4 Å². The molecule has 0 aliphatic carbocycles. The molecule has 1 heterocycles. The third kappa shape index (κ3) is 2.66. The van der Waals surface area contributed by atoms with Crippen LogP contribution in [-0.2, 0) is 0 Å². The van der Waals surface area contributed by atoms with Crippen molar-refractivity contribution < 1.29 is 14.3 Å². The molecule has 0 aliphatic rings. The molecular formula is C17H15N3O3. The van der Waals surface area contributed by atoms with Crippen molar-refractivity contribution in [1.82, 2.24) is 15.0 Å². The Kier molecular flexibility index (Phi) is 4.05. The Morgan fingerprint density at radius 3 is 2.39 bits per heavy atom. The van der Waals surface area contributed by atoms with Crippen molar-refractivity contribution in [2.75, 3.05) is 14.2 Å². The summed E-state index contributed by atoms with van der Waals surface area (Å²) in [5, 5.41) is 8.06. The molecule has 0 saturated carbocycles. The minimum atomic E-state index is 0.283. The molecule has 0 aliphatic heterocycles. The fraction of sp³-hybridized carbons (Fsp3) is 0.118. The zero-order valence-electron chi connectivity index (χ0n) is 12.8. The molecule has 0 N–H and O–H groups in total. The smallest absolute Gasteiger partial charge is 0.172 e. The minimum absolute atomic E-state index is 0.283. The number of methoxy groups -OCH3 is 2. The maximum atomic E-state index is 11.3. The van der Waals surface area contributed by atoms with Gasteiger partial charge in [0.1, 0.15) is 5.69 Å². The van der Waals surface area contributed by atoms with Gasteiger partial charge in [-0.2, -0.15) is 0 Å². The van der Waals surface area contributed by atoms with Crippen molar-refractivity contribution >= 4 is 6.29 Å². The van der Waals surface area contributed by atoms with Crippen LogP contribution in [0.15, 0.2) is 48.5 Å². The molecule has 6 nitrogen and oxygen atoms in total. The van der Waals surface area contributed by atoms with E-state index in [4.69, 9.17) is 9.47 Å². The van der Waals surface area contributed by atoms with E-state index >= 15 is 0 Å². The summed E-state index contributed by atoms with van der Waals surface area (Å²) in [6, 6.07) is 14.9. The predicted octanol–water partition coefficient (Wildman–Crippen LogP) is 2.76. The zero-order valence-corrected chi connectivity index (χ0v) is 12.8. The molecule has 0 fully saturated rings. The van der Waals surface area contributed by atoms with Gasteiger partial charge in [0.25, 0.3) is 0 Å². The molecule has 1 aromatic heterocycles. The van der Waals surface area contributed by atoms with E-state index in [1.165, 1.54) is 0 Å². The molecular weight excluding hydrogens is 294 g/mol. The second kappa shape index (κ2) is 6.31. The van der Waals surface area contributed by atoms with E-state index in [-0.39, 0.29) is 5.69 Å². The van der Waals surface area contributed by atoms with Crippen LogP contribution in [0.5, 0.6) is 11.5 Å². The standard InChI is InChI=1S/C17H15N3O3/c1-22-15-9-8-13(10-16(15)23-2)20-17(14(11-21)18-19-20)12-6-4-3-5-7-12/h3-11H,1-2H3. The lowest BCUT2D eigenvalue weighted by Crippen LogP contribution is -2.01. The fourth-order valence-corrected chi connectivity index (χ4v) is 2.38. The second-order valence-corrected chi connectivity index (χ2v) is 4.76. The molecule has 0 bridgehead atoms. The molecule has 0 unspecified atom stereocenters. The van der Waals surface area contributed by atoms with Crippen LogP contribution in [-0.4, -0.2) is 35.5 Å². The Morgan fingerprint density at radius 1 is 1.00 bits per heavy atom. The van der Waals surface area contributed by atoms with Gasteiger partial charge in [0.15, 0.2) is 23.5 Å². The van der Waals surface area contributed by atoms with Crippen LogP contribution < -0.4 is 9.47 Å². The van der Waals surface area contributed by atoms with Crippen LogP contribution in [0.25, 0.3) is 16.9 Å². The summed E-state index contributed by atoms with van der Waals surface area (Å²) < 4.78 is 12.2. The number of rotatable bonds is 5. The molecule has 3 rings (SSSR count). The fourth-order valence-electron chi connectivity index (χ4n) is 2.38. The minimum Gasteiger partial charge on any atom is -0.493 e. The number of aldehydes is 1. The Labute approximate surface area is 133 Å². The number of nitrogens with zero attached hydrogens (tertiary/aromatic N) is 3. The largest absolute Gasteiger partial charge is 0.493 e. The molecule has 3 aromatic rings. The highest BCUT2D eigenvalue weighted by Gasteiger charge is 2.17. The van der Waals surface area contributed by atoms with Gasteiger partial charge in [-0.3, -0.25) is 4.79 Å². The summed E-state index contributed by atoms with van der Waals surface area (Å²) in [5.41, 5.74) is 2.50. The summed E-state index contributed by atoms with van der Waals surface area (Å²) in [6.07, 6.45) is 0.701. The molecule has 0 saturated heterocycles. The van der Waals surface area contributed by atoms with Gasteiger partial charge >= 0.3 is 0 Å². The van der Waals surface area contributed by atoms with Crippen molar-refractivity contribution in [3.63, 3.8) is 0 Å². The number of aromatic nitrogens is 3. The Bertz CT molecular complexity index is 828. The average Bonchev–Trinajstić information content (AvgIpc) is 3.05. The predicted molar refractivity (Wildman–Crippen MR) is 85.3 cm³/mol. The number of carbonyl (C=O) groups is 1. The first-order valence-electron chi connectivity index (χ1n) is 6.97. The van der Waals surface area contributed by atoms with E-state index in [1.54, 1.807) is 31.0 Å². The van der Waals surface area contributed by atoms with E-state index in [0.29, 0.717) is 23.5 Å². The third-order valence-electron chi connectivity index (χ3n) is 3.47. The van der Waals surface area contributed by atoms with Gasteiger partial charge in [0, 0.05) is 11.6 Å². The molecule has 0 spiro atoms. The Hall–Kier alpha value is -3.15. The van der Waals surface area contributed by atoms with Crippen molar-refractivity contribution in [2.24, 2.45) is 0 Å². The number of hydrogen-bond acceptors (Lipinski definition) is 5. The number of benzene rings is 2. The molecule has 0 amide bonds. The second-order valence-electron chi connectivity index (χ2n) is 4.76. The lowest BCUT2D eigenvalue weighted by molar-refractivity contribution is 0.111. The summed E-state index contributed by atoms with van der Waals surface area (Å²) in [4.78, 5) is 11.3. The van der Waals surface area contributed by atoms with Crippen molar-refractivity contribution in [3.05, 3.63) is 54.2 Å². The van der Waals surface area contributed by atoms with Crippen molar-refractivity contribution in [1.29, 1.82) is 0 Å². The average molecular weight is 309 g/mol. The zero-order chi connectivity index (χ0) is 16.2. The molecule has 0 atom stereocenters. The lowest BCUT2D eigenvalue weighted by atomic mass is 10.1. The molecule has 2 aromatic carbocycles. The van der Waals surface area contributed by atoms with E-state index in [1.807, 2.05) is 36.4 Å². The highest BCUT2D eigenvalue weighted by molar-refractivity contribution is 5.84. The summed E-state index contributed by atoms with van der Waals surface area (Å²) in [5.74, 6) is 1.19. The van der Waals surface area contributed by atoms with E-state index in [2.05, 4.69) is 10.3 Å². The third-order valence-corrected chi connectivity index (χ3v) is 3.47. The summed E-state index contributed by atoms with van der Waals surface area (Å²) in [6.45, 7) is 0. The van der Waals surface area contributed by atoms with E-state index < -0.39 is 0 Å². The first kappa shape index (κ1) is 14.8. The number of carbonyl (C=O) groups excluding carboxylic acids is 1. The van der Waals surface area contributed by atoms with Crippen LogP contribution in [0.3, 0.4) is 0 Å². The van der Waals surface area contributed by atoms with E-state index in [9.17, 15) is 4.79 Å². The van der Waals surface area contributed by atoms with Crippen LogP contribution in [0.2, 0.25) is 0 Å². The number of hydrogen-bond donors (Lipinski definition) is 0. The molecule has 23 heavy (non-hydrogen) atoms. The van der Waals surface area contributed by atoms with Gasteiger partial charge in [-0.05, 0) is 12.1 Å². The number of ether oxygens (including phenoxy) is 2. The van der Waals surface area contributed by atoms with Crippen LogP contribution in [0.1, 0.15) is 10.5 Å². The summed E-state index contributed by atoms with van der Waals surface area (Å²) >= 11 is 0. The first-order chi connectivity index (χ1) is 11.3. The quantitative estimate of drug-likeness (QED) is 0.678. The van der Waals surface area contributed by atoms with Crippen LogP contribution >= 0.6 is 0 Å². The van der Waals surface area contributed by atoms with Crippen molar-refractivity contribution in [2.45, 2.75) is 0 Å². The van der Waals surface area contributed by atoms with Gasteiger partial charge in [0.05, 0.1) is 19.9 Å². The first-order valence-corrected chi connectivity index (χ1v) is 6.97. The normalized spacial score (nSPS) is 10.3. The molecule has 0 radical (unpaired) electrons. The highest BCUT2D eigenvalue weighted by Crippen LogP contribution is 2.31. The SMILES string of the molecule is COc1ccc(-n2nnc(C=O)c2-c2ccccc2)cc1OC. The van der Waals surface area contributed by atoms with E-state index in [0.717, 1.165) is 11.3 Å². The monoisotopic (exact) mass is 309 g/mol. The Balaban J connectivity index is 2.18. The topological polar surface area (TPSA) is 66.2 Å². The van der Waals surface area contributed by atoms with Crippen LogP contribution in [0, 0.1) is 0 Å². The maximum absolute atomic E-state index is 11.3. The van der Waals surface area contributed by atoms with Gasteiger partial charge < -0.3 is 9.47 Å². The van der Waals surface area contributed by atoms with Gasteiger partial charge in [-0.15, -0.1) is 5.10 Å². The van der Waals surface area contributed by atoms with Gasteiger partial charge in [-0.1, -0.05) is 35.5 Å². The van der Waals surface area contributed by atoms with Crippen LogP contribution in [0.4, 0.5) is 0 Å².